The first-order valence-corrected chi connectivity index (χ1v) is 7.34. The summed E-state index contributed by atoms with van der Waals surface area (Å²) in [5.74, 6) is -0.592. The van der Waals surface area contributed by atoms with Crippen molar-refractivity contribution in [2.75, 3.05) is 6.54 Å². The lowest BCUT2D eigenvalue weighted by Crippen LogP contribution is -2.32. The molecule has 0 aliphatic carbocycles. The van der Waals surface area contributed by atoms with Crippen LogP contribution in [0.5, 0.6) is 0 Å². The van der Waals surface area contributed by atoms with Crippen LogP contribution in [0.15, 0.2) is 60.9 Å². The molecule has 0 spiro atoms. The minimum Gasteiger partial charge on any atom is -0.370 e. The van der Waals surface area contributed by atoms with Gasteiger partial charge in [0.15, 0.2) is 0 Å². The third kappa shape index (κ3) is 5.74. The van der Waals surface area contributed by atoms with Crippen LogP contribution in [0.2, 0.25) is 0 Å². The van der Waals surface area contributed by atoms with Gasteiger partial charge in [0.1, 0.15) is 0 Å². The van der Waals surface area contributed by atoms with Crippen molar-refractivity contribution in [3.8, 4) is 0 Å². The predicted molar refractivity (Wildman–Crippen MR) is 88.9 cm³/mol. The van der Waals surface area contributed by atoms with Crippen LogP contribution in [0, 0.1) is 0 Å². The fraction of sp³-hybridized carbons (Fsp3) is 0.167. The Balaban J connectivity index is 2.07. The van der Waals surface area contributed by atoms with Gasteiger partial charge >= 0.3 is 0 Å². The molecular weight excluding hydrogens is 290 g/mol. The van der Waals surface area contributed by atoms with Gasteiger partial charge in [0.2, 0.25) is 11.8 Å². The van der Waals surface area contributed by atoms with E-state index in [0.29, 0.717) is 13.1 Å². The van der Waals surface area contributed by atoms with Crippen molar-refractivity contribution in [2.45, 2.75) is 13.0 Å². The molecule has 0 saturated carbocycles. The predicted octanol–water partition coefficient (Wildman–Crippen LogP) is 2.00. The van der Waals surface area contributed by atoms with E-state index in [4.69, 9.17) is 5.73 Å². The second kappa shape index (κ2) is 8.48. The number of pyridine rings is 1. The maximum absolute atomic E-state index is 12.4. The molecular formula is C18H19N3O2. The number of aromatic nitrogens is 1. The molecule has 1 aromatic carbocycles. The number of rotatable bonds is 7. The Labute approximate surface area is 135 Å². The summed E-state index contributed by atoms with van der Waals surface area (Å²) in [6.45, 7) is 0.727. The van der Waals surface area contributed by atoms with Crippen molar-refractivity contribution in [1.29, 1.82) is 0 Å². The minimum atomic E-state index is -0.424. The van der Waals surface area contributed by atoms with Gasteiger partial charge in [-0.25, -0.2) is 0 Å². The van der Waals surface area contributed by atoms with E-state index >= 15 is 0 Å². The van der Waals surface area contributed by atoms with Gasteiger partial charge in [-0.1, -0.05) is 36.4 Å². The summed E-state index contributed by atoms with van der Waals surface area (Å²) in [6.07, 6.45) is 6.68. The number of carbonyl (C=O) groups is 2. The number of primary amides is 1. The molecule has 2 N–H and O–H groups in total. The molecule has 23 heavy (non-hydrogen) atoms. The van der Waals surface area contributed by atoms with Crippen molar-refractivity contribution in [1.82, 2.24) is 9.88 Å². The molecule has 2 amide bonds. The number of hydrogen-bond donors (Lipinski definition) is 1. The maximum Gasteiger partial charge on any atom is 0.246 e. The number of benzene rings is 1. The van der Waals surface area contributed by atoms with Crippen LogP contribution in [0.4, 0.5) is 0 Å². The van der Waals surface area contributed by atoms with Crippen LogP contribution >= 0.6 is 0 Å². The van der Waals surface area contributed by atoms with Crippen molar-refractivity contribution in [2.24, 2.45) is 5.73 Å². The third-order valence-electron chi connectivity index (χ3n) is 3.26. The van der Waals surface area contributed by atoms with E-state index in [-0.39, 0.29) is 12.3 Å². The van der Waals surface area contributed by atoms with Crippen LogP contribution in [0.3, 0.4) is 0 Å². The molecule has 0 unspecified atom stereocenters. The highest BCUT2D eigenvalue weighted by Gasteiger charge is 2.12. The summed E-state index contributed by atoms with van der Waals surface area (Å²) < 4.78 is 0. The maximum atomic E-state index is 12.4. The third-order valence-corrected chi connectivity index (χ3v) is 3.26. The molecule has 0 atom stereocenters. The number of hydrogen-bond acceptors (Lipinski definition) is 3. The highest BCUT2D eigenvalue weighted by atomic mass is 16.2. The van der Waals surface area contributed by atoms with E-state index in [1.807, 2.05) is 36.4 Å². The molecule has 0 aliphatic rings. The van der Waals surface area contributed by atoms with Gasteiger partial charge in [0.05, 0.1) is 0 Å². The van der Waals surface area contributed by atoms with Crippen molar-refractivity contribution >= 4 is 17.9 Å². The summed E-state index contributed by atoms with van der Waals surface area (Å²) >= 11 is 0. The van der Waals surface area contributed by atoms with Gasteiger partial charge in [-0.05, 0) is 23.3 Å². The molecule has 5 heteroatoms. The normalized spacial score (nSPS) is 10.6. The molecule has 1 aromatic heterocycles. The van der Waals surface area contributed by atoms with Gasteiger partial charge in [0.25, 0.3) is 0 Å². The molecule has 2 aromatic rings. The van der Waals surface area contributed by atoms with E-state index in [1.165, 1.54) is 6.08 Å². The molecule has 0 bridgehead atoms. The molecule has 0 radical (unpaired) electrons. The summed E-state index contributed by atoms with van der Waals surface area (Å²) in [6, 6.07) is 13.3. The number of nitrogens with zero attached hydrogens (tertiary/aromatic N) is 2. The van der Waals surface area contributed by atoms with Crippen LogP contribution in [-0.4, -0.2) is 28.2 Å². The first-order valence-electron chi connectivity index (χ1n) is 7.34. The van der Waals surface area contributed by atoms with Crippen molar-refractivity contribution in [3.63, 3.8) is 0 Å². The SMILES string of the molecule is NC(=O)CCN(Cc1ccccc1)C(=O)/C=C/c1cccnc1. The minimum absolute atomic E-state index is 0.138. The molecule has 1 heterocycles. The summed E-state index contributed by atoms with van der Waals surface area (Å²) in [5, 5.41) is 0. The molecule has 5 nitrogen and oxygen atoms in total. The lowest BCUT2D eigenvalue weighted by atomic mass is 10.2. The first kappa shape index (κ1) is 16.4. The van der Waals surface area contributed by atoms with E-state index in [9.17, 15) is 9.59 Å². The zero-order chi connectivity index (χ0) is 16.5. The van der Waals surface area contributed by atoms with E-state index in [1.54, 1.807) is 29.4 Å². The molecule has 118 valence electrons. The number of nitrogens with two attached hydrogens (primary N) is 1. The smallest absolute Gasteiger partial charge is 0.246 e. The Morgan fingerprint density at radius 1 is 1.13 bits per heavy atom. The zero-order valence-corrected chi connectivity index (χ0v) is 12.8. The molecule has 0 fully saturated rings. The fourth-order valence-corrected chi connectivity index (χ4v) is 2.06. The second-order valence-electron chi connectivity index (χ2n) is 5.08. The standard InChI is InChI=1S/C18H19N3O2/c19-17(22)10-12-21(14-16-5-2-1-3-6-16)18(23)9-8-15-7-4-11-20-13-15/h1-9,11,13H,10,12,14H2,(H2,19,22)/b9-8+. The van der Waals surface area contributed by atoms with E-state index in [2.05, 4.69) is 4.98 Å². The number of carbonyl (C=O) groups excluding carboxylic acids is 2. The highest BCUT2D eigenvalue weighted by Crippen LogP contribution is 2.07. The monoisotopic (exact) mass is 309 g/mol. The Morgan fingerprint density at radius 2 is 1.91 bits per heavy atom. The zero-order valence-electron chi connectivity index (χ0n) is 12.8. The van der Waals surface area contributed by atoms with Gasteiger partial charge in [-0.2, -0.15) is 0 Å². The van der Waals surface area contributed by atoms with Gasteiger partial charge in [-0.3, -0.25) is 14.6 Å². The lowest BCUT2D eigenvalue weighted by Gasteiger charge is -2.20. The van der Waals surface area contributed by atoms with Crippen LogP contribution in [0.25, 0.3) is 6.08 Å². The molecule has 0 aliphatic heterocycles. The van der Waals surface area contributed by atoms with Gasteiger partial charge < -0.3 is 10.6 Å². The molecule has 2 rings (SSSR count). The average Bonchev–Trinajstić information content (AvgIpc) is 2.58. The molecule has 0 saturated heterocycles. The van der Waals surface area contributed by atoms with Crippen LogP contribution < -0.4 is 5.73 Å². The number of amides is 2. The summed E-state index contributed by atoms with van der Waals surface area (Å²) in [7, 11) is 0. The van der Waals surface area contributed by atoms with Crippen LogP contribution in [-0.2, 0) is 16.1 Å². The topological polar surface area (TPSA) is 76.3 Å². The highest BCUT2D eigenvalue weighted by molar-refractivity contribution is 5.92. The van der Waals surface area contributed by atoms with E-state index in [0.717, 1.165) is 11.1 Å². The summed E-state index contributed by atoms with van der Waals surface area (Å²) in [5.41, 5.74) is 7.04. The lowest BCUT2D eigenvalue weighted by molar-refractivity contribution is -0.127. The average molecular weight is 309 g/mol. The Morgan fingerprint density at radius 3 is 2.57 bits per heavy atom. The quantitative estimate of drug-likeness (QED) is 0.795. The van der Waals surface area contributed by atoms with Gasteiger partial charge in [0, 0.05) is 38.0 Å². The fourth-order valence-electron chi connectivity index (χ4n) is 2.06. The second-order valence-corrected chi connectivity index (χ2v) is 5.08. The van der Waals surface area contributed by atoms with E-state index < -0.39 is 5.91 Å². The largest absolute Gasteiger partial charge is 0.370 e. The van der Waals surface area contributed by atoms with Crippen LogP contribution in [0.1, 0.15) is 17.5 Å². The van der Waals surface area contributed by atoms with Gasteiger partial charge in [-0.15, -0.1) is 0 Å². The van der Waals surface area contributed by atoms with Crippen molar-refractivity contribution < 1.29 is 9.59 Å². The Hall–Kier alpha value is -2.95. The summed E-state index contributed by atoms with van der Waals surface area (Å²) in [4.78, 5) is 29.0. The first-order chi connectivity index (χ1) is 11.1. The Kier molecular flexibility index (Phi) is 6.06. The Bertz CT molecular complexity index is 669. The van der Waals surface area contributed by atoms with Crippen molar-refractivity contribution in [3.05, 3.63) is 72.1 Å².